The second kappa shape index (κ2) is 7.28. The van der Waals surface area contributed by atoms with Crippen LogP contribution in [0.2, 0.25) is 5.02 Å². The first kappa shape index (κ1) is 16.3. The van der Waals surface area contributed by atoms with Crippen LogP contribution in [0.5, 0.6) is 0 Å². The molecule has 1 amide bonds. The monoisotopic (exact) mass is 308 g/mol. The van der Waals surface area contributed by atoms with E-state index in [1.807, 2.05) is 24.0 Å². The summed E-state index contributed by atoms with van der Waals surface area (Å²) in [7, 11) is 0. The molecule has 0 aromatic heterocycles. The lowest BCUT2D eigenvalue weighted by atomic mass is 9.90. The molecule has 2 rings (SSSR count). The van der Waals surface area contributed by atoms with E-state index < -0.39 is 0 Å². The van der Waals surface area contributed by atoms with E-state index in [0.29, 0.717) is 22.7 Å². The van der Waals surface area contributed by atoms with E-state index in [1.54, 1.807) is 6.07 Å². The van der Waals surface area contributed by atoms with E-state index in [4.69, 9.17) is 17.3 Å². The van der Waals surface area contributed by atoms with Gasteiger partial charge in [0.25, 0.3) is 5.91 Å². The van der Waals surface area contributed by atoms with Gasteiger partial charge in [0.05, 0.1) is 0 Å². The molecule has 1 aliphatic rings. The molecule has 1 aromatic rings. The fourth-order valence-electron chi connectivity index (χ4n) is 3.00. The minimum atomic E-state index is 0.0965. The minimum absolute atomic E-state index is 0.0965. The lowest BCUT2D eigenvalue weighted by Gasteiger charge is -2.36. The average Bonchev–Trinajstić information content (AvgIpc) is 2.48. The Hall–Kier alpha value is -1.06. The molecule has 3 nitrogen and oxygen atoms in total. The minimum Gasteiger partial charge on any atom is -0.336 e. The summed E-state index contributed by atoms with van der Waals surface area (Å²) < 4.78 is 0. The van der Waals surface area contributed by atoms with Gasteiger partial charge >= 0.3 is 0 Å². The van der Waals surface area contributed by atoms with E-state index in [-0.39, 0.29) is 5.91 Å². The molecule has 0 radical (unpaired) electrons. The van der Waals surface area contributed by atoms with Gasteiger partial charge in [0.1, 0.15) is 0 Å². The lowest BCUT2D eigenvalue weighted by molar-refractivity contribution is 0.0626. The molecule has 0 spiro atoms. The molecule has 0 saturated heterocycles. The van der Waals surface area contributed by atoms with Gasteiger partial charge in [-0.1, -0.05) is 24.6 Å². The van der Waals surface area contributed by atoms with Crippen LogP contribution in [0.15, 0.2) is 18.2 Å². The van der Waals surface area contributed by atoms with Crippen LogP contribution in [0.3, 0.4) is 0 Å². The number of carbonyl (C=O) groups excluding carboxylic acids is 1. The van der Waals surface area contributed by atoms with Crippen molar-refractivity contribution in [3.05, 3.63) is 34.3 Å². The molecule has 0 aliphatic heterocycles. The van der Waals surface area contributed by atoms with Crippen molar-refractivity contribution in [2.75, 3.05) is 6.54 Å². The molecular weight excluding hydrogens is 284 g/mol. The van der Waals surface area contributed by atoms with E-state index in [9.17, 15) is 4.79 Å². The van der Waals surface area contributed by atoms with E-state index >= 15 is 0 Å². The van der Waals surface area contributed by atoms with Gasteiger partial charge < -0.3 is 10.6 Å². The predicted octanol–water partition coefficient (Wildman–Crippen LogP) is 3.77. The van der Waals surface area contributed by atoms with Crippen molar-refractivity contribution in [1.82, 2.24) is 4.90 Å². The van der Waals surface area contributed by atoms with Crippen LogP contribution < -0.4 is 5.73 Å². The third-order valence-electron chi connectivity index (χ3n) is 4.33. The highest BCUT2D eigenvalue weighted by atomic mass is 35.5. The maximum atomic E-state index is 12.8. The molecule has 2 N–H and O–H groups in total. The SMILES string of the molecule is CCCN(C(=O)c1ccc(C)c(Cl)c1)C1CCC(N)CC1. The Morgan fingerprint density at radius 3 is 2.57 bits per heavy atom. The van der Waals surface area contributed by atoms with Crippen molar-refractivity contribution in [3.8, 4) is 0 Å². The normalized spacial score (nSPS) is 22.1. The van der Waals surface area contributed by atoms with Gasteiger partial charge in [0.2, 0.25) is 0 Å². The van der Waals surface area contributed by atoms with E-state index in [2.05, 4.69) is 6.92 Å². The summed E-state index contributed by atoms with van der Waals surface area (Å²) in [6.07, 6.45) is 4.99. The van der Waals surface area contributed by atoms with E-state index in [0.717, 1.165) is 44.2 Å². The molecule has 21 heavy (non-hydrogen) atoms. The molecule has 1 fully saturated rings. The Kier molecular flexibility index (Phi) is 5.65. The zero-order valence-corrected chi connectivity index (χ0v) is 13.7. The topological polar surface area (TPSA) is 46.3 Å². The lowest BCUT2D eigenvalue weighted by Crippen LogP contribution is -2.44. The van der Waals surface area contributed by atoms with Gasteiger partial charge in [-0.15, -0.1) is 0 Å². The number of nitrogens with two attached hydrogens (primary N) is 1. The molecule has 0 atom stereocenters. The third kappa shape index (κ3) is 3.98. The molecule has 116 valence electrons. The fraction of sp³-hybridized carbons (Fsp3) is 0.588. The van der Waals surface area contributed by atoms with Gasteiger partial charge in [-0.3, -0.25) is 4.79 Å². The summed E-state index contributed by atoms with van der Waals surface area (Å²) in [6.45, 7) is 4.85. The standard InChI is InChI=1S/C17H25ClN2O/c1-3-10-20(15-8-6-14(19)7-9-15)17(21)13-5-4-12(2)16(18)11-13/h4-5,11,14-15H,3,6-10,19H2,1-2H3. The van der Waals surface area contributed by atoms with Crippen molar-refractivity contribution in [2.24, 2.45) is 5.73 Å². The number of amides is 1. The van der Waals surface area contributed by atoms with Crippen molar-refractivity contribution in [2.45, 2.75) is 58.0 Å². The summed E-state index contributed by atoms with van der Waals surface area (Å²) >= 11 is 6.16. The maximum Gasteiger partial charge on any atom is 0.254 e. The van der Waals surface area contributed by atoms with Crippen molar-refractivity contribution < 1.29 is 4.79 Å². The third-order valence-corrected chi connectivity index (χ3v) is 4.73. The Balaban J connectivity index is 2.16. The highest BCUT2D eigenvalue weighted by Crippen LogP contribution is 2.25. The van der Waals surface area contributed by atoms with Crippen molar-refractivity contribution in [1.29, 1.82) is 0 Å². The molecule has 0 bridgehead atoms. The van der Waals surface area contributed by atoms with E-state index in [1.165, 1.54) is 0 Å². The summed E-state index contributed by atoms with van der Waals surface area (Å²) in [5.41, 5.74) is 7.66. The number of hydrogen-bond acceptors (Lipinski definition) is 2. The molecule has 4 heteroatoms. The Labute approximate surface area is 132 Å². The second-order valence-electron chi connectivity index (χ2n) is 6.03. The van der Waals surface area contributed by atoms with Gasteiger partial charge in [-0.25, -0.2) is 0 Å². The van der Waals surface area contributed by atoms with Crippen LogP contribution in [-0.4, -0.2) is 29.4 Å². The highest BCUT2D eigenvalue weighted by Gasteiger charge is 2.27. The first-order chi connectivity index (χ1) is 10.0. The number of hydrogen-bond donors (Lipinski definition) is 1. The second-order valence-corrected chi connectivity index (χ2v) is 6.44. The molecule has 1 aliphatic carbocycles. The predicted molar refractivity (Wildman–Crippen MR) is 87.7 cm³/mol. The van der Waals surface area contributed by atoms with Crippen LogP contribution >= 0.6 is 11.6 Å². The molecule has 1 aromatic carbocycles. The van der Waals surface area contributed by atoms with Crippen LogP contribution in [-0.2, 0) is 0 Å². The summed E-state index contributed by atoms with van der Waals surface area (Å²) in [5.74, 6) is 0.0965. The first-order valence-electron chi connectivity index (χ1n) is 7.85. The Morgan fingerprint density at radius 2 is 2.00 bits per heavy atom. The quantitative estimate of drug-likeness (QED) is 0.920. The highest BCUT2D eigenvalue weighted by molar-refractivity contribution is 6.31. The number of halogens is 1. The van der Waals surface area contributed by atoms with Crippen LogP contribution in [0.25, 0.3) is 0 Å². The van der Waals surface area contributed by atoms with Crippen LogP contribution in [0.1, 0.15) is 54.9 Å². The molecule has 1 saturated carbocycles. The van der Waals surface area contributed by atoms with Crippen LogP contribution in [0, 0.1) is 6.92 Å². The van der Waals surface area contributed by atoms with Gasteiger partial charge in [-0.2, -0.15) is 0 Å². The zero-order chi connectivity index (χ0) is 15.4. The van der Waals surface area contributed by atoms with Gasteiger partial charge in [0, 0.05) is 29.2 Å². The van der Waals surface area contributed by atoms with Gasteiger partial charge in [0.15, 0.2) is 0 Å². The molecule has 0 heterocycles. The summed E-state index contributed by atoms with van der Waals surface area (Å²) in [4.78, 5) is 14.8. The Morgan fingerprint density at radius 1 is 1.33 bits per heavy atom. The largest absolute Gasteiger partial charge is 0.336 e. The van der Waals surface area contributed by atoms with Gasteiger partial charge in [-0.05, 0) is 56.7 Å². The van der Waals surface area contributed by atoms with Crippen molar-refractivity contribution >= 4 is 17.5 Å². The number of rotatable bonds is 4. The zero-order valence-electron chi connectivity index (χ0n) is 12.9. The summed E-state index contributed by atoms with van der Waals surface area (Å²) in [6, 6.07) is 6.19. The van der Waals surface area contributed by atoms with Crippen molar-refractivity contribution in [3.63, 3.8) is 0 Å². The smallest absolute Gasteiger partial charge is 0.254 e. The number of carbonyl (C=O) groups is 1. The average molecular weight is 309 g/mol. The summed E-state index contributed by atoms with van der Waals surface area (Å²) in [5, 5.41) is 0.656. The number of aryl methyl sites for hydroxylation is 1. The first-order valence-corrected chi connectivity index (χ1v) is 8.23. The van der Waals surface area contributed by atoms with Crippen LogP contribution in [0.4, 0.5) is 0 Å². The molecule has 0 unspecified atom stereocenters. The maximum absolute atomic E-state index is 12.8. The fourth-order valence-corrected chi connectivity index (χ4v) is 3.18. The Bertz CT molecular complexity index is 496. The molecular formula is C17H25ClN2O. The number of nitrogens with zero attached hydrogens (tertiary/aromatic N) is 1. The number of benzene rings is 1.